The molecule has 0 heterocycles. The predicted octanol–water partition coefficient (Wildman–Crippen LogP) is 6.37. The quantitative estimate of drug-likeness (QED) is 0.539. The van der Waals surface area contributed by atoms with E-state index in [-0.39, 0.29) is 0 Å². The zero-order valence-corrected chi connectivity index (χ0v) is 17.5. The molecule has 0 aromatic heterocycles. The largest absolute Gasteiger partial charge is 0.297 e. The van der Waals surface area contributed by atoms with Crippen LogP contribution in [0, 0.1) is 0 Å². The molecule has 4 heteroatoms. The van der Waals surface area contributed by atoms with Gasteiger partial charge in [0.2, 0.25) is 0 Å². The van der Waals surface area contributed by atoms with Crippen molar-refractivity contribution in [3.05, 3.63) is 53.6 Å². The molecule has 0 saturated heterocycles. The molecule has 2 saturated carbocycles. The van der Waals surface area contributed by atoms with E-state index in [1.165, 1.54) is 56.9 Å². The average molecular weight is 401 g/mol. The number of benzene rings is 1. The zero-order chi connectivity index (χ0) is 19.4. The minimum Gasteiger partial charge on any atom is -0.258 e. The smallest absolute Gasteiger partial charge is 0.258 e. The van der Waals surface area contributed by atoms with E-state index in [0.29, 0.717) is 23.2 Å². The molecule has 0 bridgehead atoms. The second kappa shape index (κ2) is 8.96. The normalized spacial score (nSPS) is 24.5. The maximum absolute atomic E-state index is 13.3. The van der Waals surface area contributed by atoms with Gasteiger partial charge in [-0.05, 0) is 61.1 Å². The molecule has 0 amide bonds. The van der Waals surface area contributed by atoms with Crippen molar-refractivity contribution in [2.45, 2.75) is 93.5 Å². The molecule has 3 aliphatic carbocycles. The minimum absolute atomic E-state index is 0.337. The van der Waals surface area contributed by atoms with Gasteiger partial charge in [0.15, 0.2) is 0 Å². The third kappa shape index (κ3) is 4.60. The first-order valence-corrected chi connectivity index (χ1v) is 12.4. The topological polar surface area (TPSA) is 43.4 Å². The highest BCUT2D eigenvalue weighted by Gasteiger charge is 2.29. The van der Waals surface area contributed by atoms with Crippen LogP contribution in [0.2, 0.25) is 0 Å². The number of hydrogen-bond acceptors (Lipinski definition) is 3. The number of allylic oxidation sites excluding steroid dienone is 2. The molecule has 152 valence electrons. The molecule has 3 aliphatic rings. The lowest BCUT2D eigenvalue weighted by molar-refractivity contribution is 0.257. The molecule has 1 atom stereocenters. The van der Waals surface area contributed by atoms with E-state index < -0.39 is 16.2 Å². The molecule has 0 spiro atoms. The van der Waals surface area contributed by atoms with E-state index in [2.05, 4.69) is 12.1 Å². The van der Waals surface area contributed by atoms with Crippen LogP contribution in [0.4, 0.5) is 0 Å². The van der Waals surface area contributed by atoms with Crippen molar-refractivity contribution in [1.82, 2.24) is 0 Å². The summed E-state index contributed by atoms with van der Waals surface area (Å²) in [4.78, 5) is 0.436. The zero-order valence-electron chi connectivity index (χ0n) is 16.7. The van der Waals surface area contributed by atoms with Crippen molar-refractivity contribution in [1.29, 1.82) is 0 Å². The Morgan fingerprint density at radius 3 is 2.14 bits per heavy atom. The fourth-order valence-electron chi connectivity index (χ4n) is 5.05. The Kier molecular flexibility index (Phi) is 6.37. The highest BCUT2D eigenvalue weighted by molar-refractivity contribution is 7.86. The van der Waals surface area contributed by atoms with Gasteiger partial charge in [-0.1, -0.05) is 75.0 Å². The second-order valence-corrected chi connectivity index (χ2v) is 10.1. The molecule has 0 radical (unpaired) electrons. The van der Waals surface area contributed by atoms with Gasteiger partial charge in [-0.15, -0.1) is 0 Å². The summed E-state index contributed by atoms with van der Waals surface area (Å²) in [6.07, 6.45) is 19.7. The van der Waals surface area contributed by atoms with Crippen molar-refractivity contribution in [2.75, 3.05) is 0 Å². The van der Waals surface area contributed by atoms with Crippen LogP contribution in [0.25, 0.3) is 0 Å². The minimum atomic E-state index is -3.79. The molecule has 1 aromatic carbocycles. The standard InChI is InChI=1S/C24H32O3S/c25-28(26,27-22-14-8-3-9-15-22)24-18-21(19-10-4-1-5-11-19)16-17-23(24)20-12-6-2-7-13-20/h3,8-9,14,16-20,22H,1-2,4-7,10-13,15H2. The third-order valence-corrected chi connectivity index (χ3v) is 8.01. The summed E-state index contributed by atoms with van der Waals surface area (Å²) in [7, 11) is -3.79. The van der Waals surface area contributed by atoms with Crippen LogP contribution in [-0.4, -0.2) is 14.5 Å². The van der Waals surface area contributed by atoms with Gasteiger partial charge < -0.3 is 0 Å². The van der Waals surface area contributed by atoms with Gasteiger partial charge in [-0.25, -0.2) is 0 Å². The third-order valence-electron chi connectivity index (χ3n) is 6.62. The van der Waals surface area contributed by atoms with Gasteiger partial charge in [0.05, 0.1) is 11.0 Å². The molecule has 4 rings (SSSR count). The lowest BCUT2D eigenvalue weighted by Gasteiger charge is -2.27. The van der Waals surface area contributed by atoms with Crippen LogP contribution < -0.4 is 0 Å². The molecule has 28 heavy (non-hydrogen) atoms. The first-order valence-electron chi connectivity index (χ1n) is 11.0. The van der Waals surface area contributed by atoms with Crippen LogP contribution >= 0.6 is 0 Å². The highest BCUT2D eigenvalue weighted by Crippen LogP contribution is 2.40. The van der Waals surface area contributed by atoms with Crippen molar-refractivity contribution < 1.29 is 12.6 Å². The van der Waals surface area contributed by atoms with Crippen molar-refractivity contribution in [3.8, 4) is 0 Å². The van der Waals surface area contributed by atoms with Crippen molar-refractivity contribution in [3.63, 3.8) is 0 Å². The van der Waals surface area contributed by atoms with E-state index in [1.54, 1.807) is 0 Å². The first-order chi connectivity index (χ1) is 13.6. The molecule has 1 aromatic rings. The van der Waals surface area contributed by atoms with Gasteiger partial charge in [0, 0.05) is 0 Å². The SMILES string of the molecule is O=S(=O)(OC1C=CC=CC1)c1cc(C2CCCCC2)ccc1C1CCCCC1. The predicted molar refractivity (Wildman–Crippen MR) is 113 cm³/mol. The van der Waals surface area contributed by atoms with Crippen molar-refractivity contribution in [2.24, 2.45) is 0 Å². The van der Waals surface area contributed by atoms with Crippen LogP contribution in [0.15, 0.2) is 47.4 Å². The molecule has 0 aliphatic heterocycles. The van der Waals surface area contributed by atoms with Crippen molar-refractivity contribution >= 4 is 10.1 Å². The molecular weight excluding hydrogens is 368 g/mol. The molecule has 0 N–H and O–H groups in total. The van der Waals surface area contributed by atoms with E-state index in [4.69, 9.17) is 4.18 Å². The Morgan fingerprint density at radius 2 is 1.50 bits per heavy atom. The Hall–Kier alpha value is -1.39. The molecule has 2 fully saturated rings. The van der Waals surface area contributed by atoms with Crippen LogP contribution in [0.1, 0.15) is 93.6 Å². The molecule has 1 unspecified atom stereocenters. The number of rotatable bonds is 5. The Morgan fingerprint density at radius 1 is 0.821 bits per heavy atom. The summed E-state index contributed by atoms with van der Waals surface area (Å²) >= 11 is 0. The summed E-state index contributed by atoms with van der Waals surface area (Å²) in [5, 5.41) is 0. The lowest BCUT2D eigenvalue weighted by atomic mass is 9.81. The highest BCUT2D eigenvalue weighted by atomic mass is 32.2. The summed E-state index contributed by atoms with van der Waals surface area (Å²) < 4.78 is 32.3. The first kappa shape index (κ1) is 19.9. The molecule has 3 nitrogen and oxygen atoms in total. The van der Waals surface area contributed by atoms with Crippen LogP contribution in [0.3, 0.4) is 0 Å². The van der Waals surface area contributed by atoms with E-state index in [0.717, 1.165) is 18.4 Å². The van der Waals surface area contributed by atoms with Gasteiger partial charge in [-0.3, -0.25) is 4.18 Å². The van der Waals surface area contributed by atoms with Crippen LogP contribution in [-0.2, 0) is 14.3 Å². The van der Waals surface area contributed by atoms with Gasteiger partial charge in [-0.2, -0.15) is 8.42 Å². The van der Waals surface area contributed by atoms with Gasteiger partial charge >= 0.3 is 0 Å². The maximum atomic E-state index is 13.3. The Labute approximate surface area is 170 Å². The van der Waals surface area contributed by atoms with E-state index in [9.17, 15) is 8.42 Å². The molecular formula is C24H32O3S. The summed E-state index contributed by atoms with van der Waals surface area (Å²) in [6.45, 7) is 0. The Bertz CT molecular complexity index is 825. The summed E-state index contributed by atoms with van der Waals surface area (Å²) in [5.74, 6) is 0.824. The summed E-state index contributed by atoms with van der Waals surface area (Å²) in [5.41, 5.74) is 2.16. The summed E-state index contributed by atoms with van der Waals surface area (Å²) in [6, 6.07) is 6.26. The van der Waals surface area contributed by atoms with E-state index >= 15 is 0 Å². The van der Waals surface area contributed by atoms with Crippen LogP contribution in [0.5, 0.6) is 0 Å². The fourth-order valence-corrected chi connectivity index (χ4v) is 6.43. The maximum Gasteiger partial charge on any atom is 0.297 e. The second-order valence-electron chi connectivity index (χ2n) is 8.60. The van der Waals surface area contributed by atoms with Gasteiger partial charge in [0.1, 0.15) is 0 Å². The lowest BCUT2D eigenvalue weighted by Crippen LogP contribution is -2.20. The fraction of sp³-hybridized carbons (Fsp3) is 0.583. The number of hydrogen-bond donors (Lipinski definition) is 0. The monoisotopic (exact) mass is 400 g/mol. The Balaban J connectivity index is 1.67. The average Bonchev–Trinajstić information content (AvgIpc) is 2.75. The van der Waals surface area contributed by atoms with Gasteiger partial charge in [0.25, 0.3) is 10.1 Å². The van der Waals surface area contributed by atoms with E-state index in [1.807, 2.05) is 30.4 Å².